The number of aliphatic hydroxyl groups is 1. The predicted octanol–water partition coefficient (Wildman–Crippen LogP) is 4.33. The van der Waals surface area contributed by atoms with E-state index < -0.39 is 46.5 Å². The molecule has 0 radical (unpaired) electrons. The number of carbonyl (C=O) groups excluding carboxylic acids is 2. The Morgan fingerprint density at radius 2 is 1.88 bits per heavy atom. The van der Waals surface area contributed by atoms with Crippen molar-refractivity contribution in [3.05, 3.63) is 122 Å². The fourth-order valence-corrected chi connectivity index (χ4v) is 7.75. The number of fused-ring (bicyclic) bond motifs is 2. The van der Waals surface area contributed by atoms with Gasteiger partial charge in [-0.25, -0.2) is 13.8 Å². The molecule has 1 saturated heterocycles. The molecular formula is C38H42F2N9O6SU-. The van der Waals surface area contributed by atoms with Crippen molar-refractivity contribution in [2.75, 3.05) is 64.1 Å². The summed E-state index contributed by atoms with van der Waals surface area (Å²) < 4.78 is 35.2. The first-order chi connectivity index (χ1) is 26.8. The molecule has 1 fully saturated rings. The fraction of sp³-hybridized carbons (Fsp3) is 0.316. The molecule has 15 nitrogen and oxygen atoms in total. The molecule has 2 amide bonds. The number of nitrogens with two attached hydrogens (primary N) is 2. The maximum atomic E-state index is 14.6. The topological polar surface area (TPSA) is 213 Å². The van der Waals surface area contributed by atoms with Crippen LogP contribution in [0.5, 0.6) is 5.75 Å². The molecule has 6 rings (SSSR count). The van der Waals surface area contributed by atoms with Gasteiger partial charge in [-0.2, -0.15) is 14.1 Å². The summed E-state index contributed by atoms with van der Waals surface area (Å²) in [6.07, 6.45) is 5.78. The molecule has 2 aromatic carbocycles. The summed E-state index contributed by atoms with van der Waals surface area (Å²) in [5.74, 6) is -3.56. The first-order valence-corrected chi connectivity index (χ1v) is 18.3. The van der Waals surface area contributed by atoms with E-state index in [-0.39, 0.29) is 76.2 Å². The summed E-state index contributed by atoms with van der Waals surface area (Å²) in [5, 5.41) is 20.2. The number of benzene rings is 2. The zero-order valence-corrected chi connectivity index (χ0v) is 36.3. The number of hydrogen-bond donors (Lipinski definition) is 4. The minimum Gasteiger partial charge on any atom is -0.668 e. The monoisotopic (exact) mass is 1030 g/mol. The second-order valence-corrected chi connectivity index (χ2v) is 14.0. The first-order valence-electron chi connectivity index (χ1n) is 17.5. The Bertz CT molecular complexity index is 2260. The Morgan fingerprint density at radius 3 is 2.49 bits per heavy atom. The summed E-state index contributed by atoms with van der Waals surface area (Å²) in [5.41, 5.74) is 10.5. The number of piperidine rings is 1. The molecule has 6 N–H and O–H groups in total. The van der Waals surface area contributed by atoms with Crippen molar-refractivity contribution in [1.29, 1.82) is 0 Å². The number of aromatic nitrogens is 2. The van der Waals surface area contributed by atoms with E-state index >= 15 is 0 Å². The number of β-amino-alcohol motifs (C(OH)–C–C–N with tert-alkyl or cyclic N) is 1. The Labute approximate surface area is 354 Å². The van der Waals surface area contributed by atoms with Crippen LogP contribution in [-0.4, -0.2) is 90.8 Å². The SMILES string of the molecule is C=C/C=C(\C=C)N1CCOc2ccc(-n3c(=O)c(N)nc4sc(C(=O)N=O)c(C(=O)NC5CCN(CC(O)(CN)c6ccc(F)cc6F)CC5)c43)cc21.C[N-]C.[U]. The fourth-order valence-electron chi connectivity index (χ4n) is 6.71. The van der Waals surface area contributed by atoms with Crippen molar-refractivity contribution in [3.63, 3.8) is 0 Å². The molecule has 0 aliphatic carbocycles. The molecular weight excluding hydrogens is 987 g/mol. The second-order valence-electron chi connectivity index (χ2n) is 13.0. The number of ether oxygens (including phenoxy) is 1. The van der Waals surface area contributed by atoms with Gasteiger partial charge in [0.05, 0.1) is 29.0 Å². The number of amides is 2. The number of carbonyl (C=O) groups is 2. The molecule has 4 aromatic rings. The maximum absolute atomic E-state index is 14.6. The van der Waals surface area contributed by atoms with Crippen LogP contribution in [0.25, 0.3) is 21.4 Å². The Kier molecular flexibility index (Phi) is 15.6. The zero-order chi connectivity index (χ0) is 40.7. The van der Waals surface area contributed by atoms with Gasteiger partial charge in [-0.1, -0.05) is 25.3 Å². The number of allylic oxidation sites excluding steroid dienone is 3. The van der Waals surface area contributed by atoms with Crippen LogP contribution in [0.1, 0.15) is 38.4 Å². The van der Waals surface area contributed by atoms with Crippen LogP contribution in [-0.2, 0) is 5.60 Å². The van der Waals surface area contributed by atoms with E-state index in [2.05, 4.69) is 34.0 Å². The number of halogens is 2. The summed E-state index contributed by atoms with van der Waals surface area (Å²) in [7, 11) is 3.50. The molecule has 0 saturated carbocycles. The van der Waals surface area contributed by atoms with Crippen molar-refractivity contribution in [3.8, 4) is 11.4 Å². The number of nitrogens with zero attached hydrogens (tertiary/aromatic N) is 6. The smallest absolute Gasteiger partial charge is 0.327 e. The minimum absolute atomic E-state index is 0. The third-order valence-corrected chi connectivity index (χ3v) is 10.3. The molecule has 4 heterocycles. The van der Waals surface area contributed by atoms with Crippen LogP contribution in [0.2, 0.25) is 0 Å². The third kappa shape index (κ3) is 9.58. The third-order valence-electron chi connectivity index (χ3n) is 9.29. The molecule has 300 valence electrons. The standard InChI is InChI=1S/C36H36F2N8O6S.C2H6N.U/c1-3-5-22(4-2)45-14-15-52-27-9-7-23(17-26(27)45)46-29-28(30(33(48)43-51)53-34(29)42-31(40)35(46)49)32(47)41-21-10-12-44(13-11-21)19-36(50,18-39)24-8-6-20(37)16-25(24)38;1-3-2;/h3-9,16-17,21,50H,1-2,10-15,18-19,39H2,(H2,40,42)(H,41,47);1-2H3;/q;-1;/b22-5+;;. The molecule has 0 spiro atoms. The van der Waals surface area contributed by atoms with Crippen LogP contribution >= 0.6 is 11.3 Å². The van der Waals surface area contributed by atoms with E-state index in [9.17, 15) is 33.2 Å². The Morgan fingerprint density at radius 1 is 1.18 bits per heavy atom. The van der Waals surface area contributed by atoms with Crippen molar-refractivity contribution in [2.24, 2.45) is 10.9 Å². The average Bonchev–Trinajstić information content (AvgIpc) is 3.56. The van der Waals surface area contributed by atoms with Crippen LogP contribution in [0.4, 0.5) is 20.3 Å². The van der Waals surface area contributed by atoms with Crippen LogP contribution in [0.3, 0.4) is 0 Å². The van der Waals surface area contributed by atoms with E-state index in [1.807, 2.05) is 9.80 Å². The first kappa shape index (κ1) is 45.1. The number of likely N-dealkylation sites (tertiary alicyclic amines) is 1. The van der Waals surface area contributed by atoms with Gasteiger partial charge >= 0.3 is 5.91 Å². The van der Waals surface area contributed by atoms with Crippen LogP contribution < -0.4 is 32.0 Å². The van der Waals surface area contributed by atoms with Crippen LogP contribution in [0.15, 0.2) is 83.5 Å². The van der Waals surface area contributed by atoms with E-state index in [4.69, 9.17) is 16.2 Å². The van der Waals surface area contributed by atoms with E-state index in [1.165, 1.54) is 4.57 Å². The van der Waals surface area contributed by atoms with E-state index in [0.717, 1.165) is 17.8 Å². The molecule has 1 atom stereocenters. The molecule has 2 aliphatic rings. The number of rotatable bonds is 11. The predicted molar refractivity (Wildman–Crippen MR) is 213 cm³/mol. The summed E-state index contributed by atoms with van der Waals surface area (Å²) in [4.78, 5) is 60.0. The van der Waals surface area contributed by atoms with Gasteiger partial charge in [-0.05, 0) is 49.3 Å². The summed E-state index contributed by atoms with van der Waals surface area (Å²) in [6.45, 7) is 8.82. The molecule has 57 heavy (non-hydrogen) atoms. The average molecular weight is 1030 g/mol. The largest absolute Gasteiger partial charge is 0.668 e. The van der Waals surface area contributed by atoms with Gasteiger partial charge < -0.3 is 36.8 Å². The maximum Gasteiger partial charge on any atom is 0.327 e. The Hall–Kier alpha value is -4.61. The number of nitrogen functional groups attached to an aromatic ring is 1. The zero-order valence-electron chi connectivity index (χ0n) is 31.3. The van der Waals surface area contributed by atoms with Gasteiger partial charge in [-0.3, -0.25) is 23.9 Å². The number of nitrogens with one attached hydrogen (secondary N) is 1. The molecule has 1 unspecified atom stereocenters. The number of thiophene rings is 1. The van der Waals surface area contributed by atoms with Gasteiger partial charge in [0, 0.05) is 85.8 Å². The molecule has 2 aromatic heterocycles. The molecule has 19 heteroatoms. The van der Waals surface area contributed by atoms with Gasteiger partial charge in [0.15, 0.2) is 5.82 Å². The number of hydrogen-bond acceptors (Lipinski definition) is 12. The summed E-state index contributed by atoms with van der Waals surface area (Å²) in [6, 6.07) is 7.38. The van der Waals surface area contributed by atoms with Gasteiger partial charge in [0.25, 0.3) is 11.5 Å². The second kappa shape index (κ2) is 19.7. The van der Waals surface area contributed by atoms with Crippen molar-refractivity contribution < 1.29 is 59.3 Å². The van der Waals surface area contributed by atoms with Crippen molar-refractivity contribution in [2.45, 2.75) is 24.5 Å². The molecule has 0 bridgehead atoms. The van der Waals surface area contributed by atoms with Gasteiger partial charge in [0.1, 0.15) is 39.3 Å². The van der Waals surface area contributed by atoms with Gasteiger partial charge in [-0.15, -0.1) is 16.2 Å². The minimum atomic E-state index is -1.80. The van der Waals surface area contributed by atoms with E-state index in [1.54, 1.807) is 50.5 Å². The van der Waals surface area contributed by atoms with E-state index in [0.29, 0.717) is 67.9 Å². The Balaban J connectivity index is 0.00000174. The van der Waals surface area contributed by atoms with Gasteiger partial charge in [0.2, 0.25) is 0 Å². The normalized spacial score (nSPS) is 15.5. The molecule has 2 aliphatic heterocycles. The van der Waals surface area contributed by atoms with Crippen molar-refractivity contribution >= 4 is 45.0 Å². The van der Waals surface area contributed by atoms with Crippen molar-refractivity contribution in [1.82, 2.24) is 19.8 Å². The number of nitroso groups, excluding NO2 is 1. The quantitative estimate of drug-likeness (QED) is 0.123. The van der Waals surface area contributed by atoms with Crippen LogP contribution in [0, 0.1) is 47.7 Å². The number of anilines is 2. The summed E-state index contributed by atoms with van der Waals surface area (Å²) >= 11 is 0.707.